The molecule has 0 fully saturated rings. The van der Waals surface area contributed by atoms with E-state index >= 15 is 0 Å². The Labute approximate surface area is 422 Å². The summed E-state index contributed by atoms with van der Waals surface area (Å²) in [7, 11) is 0. The second-order valence-corrected chi connectivity index (χ2v) is 19.8. The normalized spacial score (nSPS) is 13.8. The molecule has 14 rings (SSSR count). The summed E-state index contributed by atoms with van der Waals surface area (Å²) < 4.78 is 0. The summed E-state index contributed by atoms with van der Waals surface area (Å²) in [5.41, 5.74) is 14.6. The van der Waals surface area contributed by atoms with E-state index in [0.717, 1.165) is 84.7 Å². The first-order valence-corrected chi connectivity index (χ1v) is 25.0. The van der Waals surface area contributed by atoms with Gasteiger partial charge < -0.3 is 0 Å². The molecule has 0 N–H and O–H groups in total. The van der Waals surface area contributed by atoms with Crippen LogP contribution < -0.4 is 0 Å². The van der Waals surface area contributed by atoms with Crippen LogP contribution >= 0.6 is 0 Å². The third-order valence-electron chi connectivity index (χ3n) is 15.4. The zero-order valence-corrected chi connectivity index (χ0v) is 40.3. The summed E-state index contributed by atoms with van der Waals surface area (Å²) in [5.74, 6) is 1.77. The molecule has 0 radical (unpaired) electrons. The standard InChI is InChI=1S/C67H45N5O/c1-67(2)57-28-13-10-25-50(57)51-34-32-44(39-58(51)67)66-70-64(40-17-4-3-5-18-40)69-65(71-66)43-20-16-19-41(37-43)61-53(52-26-11-15-30-60(52)72-73)35-36-55-62(61)54-27-12-14-29-59(54)68-63(55)42-31-33-49-47-23-7-6-21-45(47)46-22-8-9-24-48(46)56(49)38-42/h3-12,14-27,29-39H,13,28H2,1-2H3. The maximum Gasteiger partial charge on any atom is 0.164 e. The number of aromatic nitrogens is 4. The third kappa shape index (κ3) is 6.78. The molecule has 2 aliphatic carbocycles. The molecule has 2 aromatic heterocycles. The molecule has 0 saturated carbocycles. The first-order valence-electron chi connectivity index (χ1n) is 25.0. The van der Waals surface area contributed by atoms with Gasteiger partial charge >= 0.3 is 0 Å². The Morgan fingerprint density at radius 3 is 1.77 bits per heavy atom. The number of rotatable bonds is 7. The molecular formula is C67H45N5O. The van der Waals surface area contributed by atoms with Crippen LogP contribution in [-0.2, 0) is 5.41 Å². The van der Waals surface area contributed by atoms with Gasteiger partial charge in [-0.2, -0.15) is 0 Å². The number of nitrogens with zero attached hydrogens (tertiary/aromatic N) is 5. The van der Waals surface area contributed by atoms with E-state index in [-0.39, 0.29) is 5.41 Å². The van der Waals surface area contributed by atoms with Crippen molar-refractivity contribution in [2.24, 2.45) is 5.18 Å². The van der Waals surface area contributed by atoms with E-state index < -0.39 is 0 Å². The fraction of sp³-hybridized carbons (Fsp3) is 0.0746. The Bertz CT molecular complexity index is 4340. The molecule has 0 atom stereocenters. The van der Waals surface area contributed by atoms with Gasteiger partial charge in [-0.1, -0.05) is 201 Å². The molecule has 12 aromatic rings. The van der Waals surface area contributed by atoms with E-state index in [1.807, 2.05) is 54.6 Å². The zero-order chi connectivity index (χ0) is 48.8. The summed E-state index contributed by atoms with van der Waals surface area (Å²) in [5, 5.41) is 13.8. The van der Waals surface area contributed by atoms with E-state index in [9.17, 15) is 4.91 Å². The van der Waals surface area contributed by atoms with Gasteiger partial charge in [-0.05, 0) is 114 Å². The molecule has 0 aliphatic heterocycles. The van der Waals surface area contributed by atoms with Gasteiger partial charge in [-0.15, -0.1) is 4.91 Å². The number of hydrogen-bond donors (Lipinski definition) is 0. The predicted octanol–water partition coefficient (Wildman–Crippen LogP) is 17.8. The van der Waals surface area contributed by atoms with Crippen LogP contribution in [0.15, 0.2) is 223 Å². The van der Waals surface area contributed by atoms with E-state index in [4.69, 9.17) is 19.9 Å². The number of fused-ring (bicyclic) bond motifs is 11. The summed E-state index contributed by atoms with van der Waals surface area (Å²) >= 11 is 0. The largest absolute Gasteiger partial charge is 0.247 e. The summed E-state index contributed by atoms with van der Waals surface area (Å²) in [6.45, 7) is 4.69. The van der Waals surface area contributed by atoms with Crippen LogP contribution in [0.1, 0.15) is 37.8 Å². The van der Waals surface area contributed by atoms with Crippen molar-refractivity contribution in [3.05, 3.63) is 234 Å². The second-order valence-electron chi connectivity index (χ2n) is 19.8. The van der Waals surface area contributed by atoms with Gasteiger partial charge in [0.15, 0.2) is 17.5 Å². The van der Waals surface area contributed by atoms with Crippen LogP contribution in [0.2, 0.25) is 0 Å². The summed E-state index contributed by atoms with van der Waals surface area (Å²) in [6, 6.07) is 69.7. The SMILES string of the molecule is CC1(C)C2=C(C=CCC2)c2ccc(-c3nc(-c4ccccc4)nc(-c4cccc(-c5c(-c6ccccc6N=O)ccc6c(-c7ccc8c9ccccc9c9ccccc9c8c7)nc7ccccc7c56)c4)n3)cc21. The number of hydrogen-bond acceptors (Lipinski definition) is 6. The van der Waals surface area contributed by atoms with Crippen LogP contribution in [0.3, 0.4) is 0 Å². The Morgan fingerprint density at radius 2 is 1.01 bits per heavy atom. The highest BCUT2D eigenvalue weighted by Crippen LogP contribution is 2.51. The zero-order valence-electron chi connectivity index (χ0n) is 40.3. The molecule has 0 bridgehead atoms. The summed E-state index contributed by atoms with van der Waals surface area (Å²) in [6.07, 6.45) is 6.72. The number of para-hydroxylation sites is 1. The third-order valence-corrected chi connectivity index (χ3v) is 15.4. The van der Waals surface area contributed by atoms with E-state index in [0.29, 0.717) is 23.2 Å². The molecule has 6 nitrogen and oxygen atoms in total. The number of allylic oxidation sites excluding steroid dienone is 4. The van der Waals surface area contributed by atoms with Crippen LogP contribution in [0, 0.1) is 4.91 Å². The predicted molar refractivity (Wildman–Crippen MR) is 302 cm³/mol. The quantitative estimate of drug-likeness (QED) is 0.117. The van der Waals surface area contributed by atoms with Crippen molar-refractivity contribution in [1.82, 2.24) is 19.9 Å². The van der Waals surface area contributed by atoms with E-state index in [1.54, 1.807) is 6.07 Å². The van der Waals surface area contributed by atoms with Crippen molar-refractivity contribution in [3.8, 4) is 67.7 Å². The second kappa shape index (κ2) is 16.7. The van der Waals surface area contributed by atoms with Crippen LogP contribution in [-0.4, -0.2) is 19.9 Å². The van der Waals surface area contributed by atoms with Crippen molar-refractivity contribution in [2.75, 3.05) is 0 Å². The maximum atomic E-state index is 12.7. The van der Waals surface area contributed by atoms with Crippen LogP contribution in [0.4, 0.5) is 5.69 Å². The topological polar surface area (TPSA) is 81.0 Å². The number of benzene rings is 10. The fourth-order valence-corrected chi connectivity index (χ4v) is 12.0. The van der Waals surface area contributed by atoms with E-state index in [1.165, 1.54) is 54.6 Å². The molecule has 344 valence electrons. The van der Waals surface area contributed by atoms with E-state index in [2.05, 4.69) is 171 Å². The molecule has 0 saturated heterocycles. The molecule has 0 amide bonds. The Hall–Kier alpha value is -9.26. The highest BCUT2D eigenvalue weighted by atomic mass is 16.3. The van der Waals surface area contributed by atoms with Crippen molar-refractivity contribution in [3.63, 3.8) is 0 Å². The first-order chi connectivity index (χ1) is 35.9. The van der Waals surface area contributed by atoms with Crippen molar-refractivity contribution >= 4 is 65.3 Å². The molecule has 2 heterocycles. The van der Waals surface area contributed by atoms with Gasteiger partial charge in [0.2, 0.25) is 0 Å². The molecular weight excluding hydrogens is 891 g/mol. The smallest absolute Gasteiger partial charge is 0.164 e. The number of nitroso groups, excluding NO2 is 1. The average molecular weight is 936 g/mol. The van der Waals surface area contributed by atoms with Crippen molar-refractivity contribution < 1.29 is 0 Å². The Balaban J connectivity index is 1.00. The lowest BCUT2D eigenvalue weighted by atomic mass is 9.78. The lowest BCUT2D eigenvalue weighted by Gasteiger charge is -2.26. The Kier molecular flexibility index (Phi) is 9.73. The fourth-order valence-electron chi connectivity index (χ4n) is 12.0. The summed E-state index contributed by atoms with van der Waals surface area (Å²) in [4.78, 5) is 33.9. The molecule has 6 heteroatoms. The van der Waals surface area contributed by atoms with Gasteiger partial charge in [-0.3, -0.25) is 0 Å². The average Bonchev–Trinajstić information content (AvgIpc) is 3.69. The minimum atomic E-state index is -0.108. The number of pyridine rings is 1. The van der Waals surface area contributed by atoms with Gasteiger partial charge in [0, 0.05) is 49.4 Å². The minimum Gasteiger partial charge on any atom is -0.247 e. The lowest BCUT2D eigenvalue weighted by Crippen LogP contribution is -2.17. The molecule has 73 heavy (non-hydrogen) atoms. The molecule has 10 aromatic carbocycles. The lowest BCUT2D eigenvalue weighted by molar-refractivity contribution is 0.607. The highest BCUT2D eigenvalue weighted by Gasteiger charge is 2.37. The highest BCUT2D eigenvalue weighted by molar-refractivity contribution is 6.26. The van der Waals surface area contributed by atoms with Crippen molar-refractivity contribution in [1.29, 1.82) is 0 Å². The molecule has 2 aliphatic rings. The van der Waals surface area contributed by atoms with Gasteiger partial charge in [-0.25, -0.2) is 19.9 Å². The maximum absolute atomic E-state index is 12.7. The first kappa shape index (κ1) is 42.6. The molecule has 0 unspecified atom stereocenters. The Morgan fingerprint density at radius 1 is 0.438 bits per heavy atom. The van der Waals surface area contributed by atoms with Gasteiger partial charge in [0.05, 0.1) is 11.2 Å². The van der Waals surface area contributed by atoms with Crippen LogP contribution in [0.5, 0.6) is 0 Å². The minimum absolute atomic E-state index is 0.108. The van der Waals surface area contributed by atoms with Crippen molar-refractivity contribution in [2.45, 2.75) is 32.1 Å². The van der Waals surface area contributed by atoms with Gasteiger partial charge in [0.25, 0.3) is 0 Å². The molecule has 0 spiro atoms. The van der Waals surface area contributed by atoms with Gasteiger partial charge in [0.1, 0.15) is 5.69 Å². The monoisotopic (exact) mass is 935 g/mol. The van der Waals surface area contributed by atoms with Crippen LogP contribution in [0.25, 0.3) is 127 Å².